The van der Waals surface area contributed by atoms with E-state index in [1.54, 1.807) is 0 Å². The first-order valence-corrected chi connectivity index (χ1v) is 8.95. The fourth-order valence-electron chi connectivity index (χ4n) is 4.06. The Kier molecular flexibility index (Phi) is 4.14. The molecule has 1 saturated heterocycles. The minimum absolute atomic E-state index is 0.0781. The molecule has 0 saturated carbocycles. The molecule has 2 aliphatic rings. The van der Waals surface area contributed by atoms with E-state index in [4.69, 9.17) is 4.99 Å². The van der Waals surface area contributed by atoms with Gasteiger partial charge >= 0.3 is 0 Å². The van der Waals surface area contributed by atoms with E-state index in [0.717, 1.165) is 42.9 Å². The lowest BCUT2D eigenvalue weighted by atomic mass is 9.82. The first-order chi connectivity index (χ1) is 12.2. The van der Waals surface area contributed by atoms with Crippen molar-refractivity contribution >= 4 is 11.7 Å². The van der Waals surface area contributed by atoms with Crippen LogP contribution in [0.5, 0.6) is 0 Å². The molecule has 0 aliphatic carbocycles. The van der Waals surface area contributed by atoms with Gasteiger partial charge in [-0.25, -0.2) is 4.99 Å². The van der Waals surface area contributed by atoms with Crippen molar-refractivity contribution in [1.82, 2.24) is 10.2 Å². The number of hydrogen-bond acceptors (Lipinski definition) is 3. The second kappa shape index (κ2) is 6.45. The number of amides is 1. The normalized spacial score (nSPS) is 20.6. The summed E-state index contributed by atoms with van der Waals surface area (Å²) in [5, 5.41) is 3.37. The van der Waals surface area contributed by atoms with Gasteiger partial charge in [-0.1, -0.05) is 60.7 Å². The van der Waals surface area contributed by atoms with E-state index in [1.165, 1.54) is 0 Å². The van der Waals surface area contributed by atoms with Gasteiger partial charge in [-0.05, 0) is 44.0 Å². The highest BCUT2D eigenvalue weighted by Crippen LogP contribution is 2.41. The molecule has 1 amide bonds. The number of piperidine rings is 1. The van der Waals surface area contributed by atoms with Crippen LogP contribution < -0.4 is 5.32 Å². The zero-order chi connectivity index (χ0) is 17.3. The molecule has 2 heterocycles. The lowest BCUT2D eigenvalue weighted by Crippen LogP contribution is -2.50. The molecule has 2 aromatic rings. The second-order valence-corrected chi connectivity index (χ2v) is 6.76. The fourth-order valence-corrected chi connectivity index (χ4v) is 4.06. The molecule has 0 atom stereocenters. The molecule has 4 nitrogen and oxygen atoms in total. The van der Waals surface area contributed by atoms with Crippen molar-refractivity contribution in [3.63, 3.8) is 0 Å². The minimum atomic E-state index is -0.961. The summed E-state index contributed by atoms with van der Waals surface area (Å²) in [6.45, 7) is 3.87. The highest BCUT2D eigenvalue weighted by Gasteiger charge is 2.51. The van der Waals surface area contributed by atoms with Crippen LogP contribution in [0, 0.1) is 0 Å². The molecule has 128 valence electrons. The maximum absolute atomic E-state index is 13.7. The third-order valence-electron chi connectivity index (χ3n) is 5.26. The van der Waals surface area contributed by atoms with Crippen molar-refractivity contribution in [2.75, 3.05) is 13.1 Å². The number of nitrogens with one attached hydrogen (secondary N) is 1. The zero-order valence-electron chi connectivity index (χ0n) is 14.5. The van der Waals surface area contributed by atoms with Crippen molar-refractivity contribution in [2.24, 2.45) is 4.99 Å². The maximum atomic E-state index is 13.7. The molecule has 2 aliphatic heterocycles. The van der Waals surface area contributed by atoms with E-state index in [9.17, 15) is 4.79 Å². The smallest absolute Gasteiger partial charge is 0.265 e. The first-order valence-electron chi connectivity index (χ1n) is 8.95. The van der Waals surface area contributed by atoms with Crippen LogP contribution in [-0.4, -0.2) is 35.8 Å². The predicted octanol–water partition coefficient (Wildman–Crippen LogP) is 2.94. The molecule has 0 spiro atoms. The Morgan fingerprint density at radius 2 is 1.48 bits per heavy atom. The topological polar surface area (TPSA) is 44.7 Å². The molecule has 0 radical (unpaired) electrons. The van der Waals surface area contributed by atoms with Crippen molar-refractivity contribution in [3.8, 4) is 0 Å². The molecule has 1 fully saturated rings. The van der Waals surface area contributed by atoms with E-state index < -0.39 is 5.54 Å². The summed E-state index contributed by atoms with van der Waals surface area (Å²) in [6, 6.07) is 20.1. The van der Waals surface area contributed by atoms with Gasteiger partial charge in [0.2, 0.25) is 0 Å². The predicted molar refractivity (Wildman–Crippen MR) is 99.5 cm³/mol. The van der Waals surface area contributed by atoms with Gasteiger partial charge in [0, 0.05) is 6.04 Å². The van der Waals surface area contributed by atoms with E-state index in [1.807, 2.05) is 72.5 Å². The van der Waals surface area contributed by atoms with E-state index >= 15 is 0 Å². The monoisotopic (exact) mass is 333 g/mol. The van der Waals surface area contributed by atoms with Crippen LogP contribution in [0.2, 0.25) is 0 Å². The maximum Gasteiger partial charge on any atom is 0.265 e. The van der Waals surface area contributed by atoms with Gasteiger partial charge in [-0.3, -0.25) is 9.69 Å². The standard InChI is InChI=1S/C21H23N3O/c1-16-23-21(17-8-4-2-5-9-17,18-10-6-3-7-11-18)20(25)24(16)19-12-14-22-15-13-19/h2-11,19,22H,12-15H2,1H3. The van der Waals surface area contributed by atoms with Crippen LogP contribution in [0.4, 0.5) is 0 Å². The van der Waals surface area contributed by atoms with Crippen LogP contribution in [0.3, 0.4) is 0 Å². The second-order valence-electron chi connectivity index (χ2n) is 6.76. The van der Waals surface area contributed by atoms with E-state index in [0.29, 0.717) is 0 Å². The summed E-state index contributed by atoms with van der Waals surface area (Å²) in [4.78, 5) is 20.6. The van der Waals surface area contributed by atoms with Crippen molar-refractivity contribution in [3.05, 3.63) is 71.8 Å². The van der Waals surface area contributed by atoms with E-state index in [-0.39, 0.29) is 11.9 Å². The number of carbonyl (C=O) groups excluding carboxylic acids is 1. The number of carbonyl (C=O) groups is 1. The molecule has 25 heavy (non-hydrogen) atoms. The highest BCUT2D eigenvalue weighted by atomic mass is 16.2. The van der Waals surface area contributed by atoms with Crippen LogP contribution in [0.1, 0.15) is 30.9 Å². The fraction of sp³-hybridized carbons (Fsp3) is 0.333. The summed E-state index contributed by atoms with van der Waals surface area (Å²) in [5.41, 5.74) is 0.904. The molecular weight excluding hydrogens is 310 g/mol. The lowest BCUT2D eigenvalue weighted by Gasteiger charge is -2.34. The van der Waals surface area contributed by atoms with Gasteiger partial charge in [-0.2, -0.15) is 0 Å². The zero-order valence-corrected chi connectivity index (χ0v) is 14.5. The molecule has 4 heteroatoms. The Morgan fingerprint density at radius 1 is 0.960 bits per heavy atom. The van der Waals surface area contributed by atoms with Crippen LogP contribution in [0.15, 0.2) is 65.7 Å². The summed E-state index contributed by atoms with van der Waals surface area (Å²) < 4.78 is 0. The first kappa shape index (κ1) is 16.0. The average Bonchev–Trinajstić information content (AvgIpc) is 2.95. The number of nitrogens with zero attached hydrogens (tertiary/aromatic N) is 2. The summed E-state index contributed by atoms with van der Waals surface area (Å²) >= 11 is 0. The van der Waals surface area contributed by atoms with Gasteiger partial charge < -0.3 is 5.32 Å². The molecule has 0 aromatic heterocycles. The van der Waals surface area contributed by atoms with Crippen LogP contribution in [-0.2, 0) is 10.3 Å². The van der Waals surface area contributed by atoms with Crippen LogP contribution >= 0.6 is 0 Å². The molecule has 0 bridgehead atoms. The number of aliphatic imine (C=N–C) groups is 1. The van der Waals surface area contributed by atoms with Crippen molar-refractivity contribution in [1.29, 1.82) is 0 Å². The quantitative estimate of drug-likeness (QED) is 0.938. The Bertz CT molecular complexity index is 740. The third-order valence-corrected chi connectivity index (χ3v) is 5.26. The van der Waals surface area contributed by atoms with E-state index in [2.05, 4.69) is 5.32 Å². The molecule has 0 unspecified atom stereocenters. The lowest BCUT2D eigenvalue weighted by molar-refractivity contribution is -0.132. The average molecular weight is 333 g/mol. The third kappa shape index (κ3) is 2.57. The number of amidine groups is 1. The highest BCUT2D eigenvalue weighted by molar-refractivity contribution is 6.10. The summed E-state index contributed by atoms with van der Waals surface area (Å²) in [7, 11) is 0. The Hall–Kier alpha value is -2.46. The molecule has 4 rings (SSSR count). The Morgan fingerprint density at radius 3 is 2.00 bits per heavy atom. The summed E-state index contributed by atoms with van der Waals surface area (Å²) in [5.74, 6) is 0.902. The van der Waals surface area contributed by atoms with Crippen LogP contribution in [0.25, 0.3) is 0 Å². The van der Waals surface area contributed by atoms with Gasteiger partial charge in [0.25, 0.3) is 5.91 Å². The largest absolute Gasteiger partial charge is 0.317 e. The van der Waals surface area contributed by atoms with Gasteiger partial charge in [0.05, 0.1) is 0 Å². The van der Waals surface area contributed by atoms with Crippen molar-refractivity contribution in [2.45, 2.75) is 31.3 Å². The van der Waals surface area contributed by atoms with Crippen molar-refractivity contribution < 1.29 is 4.79 Å². The Labute approximate surface area is 148 Å². The summed E-state index contributed by atoms with van der Waals surface area (Å²) in [6.07, 6.45) is 1.94. The number of hydrogen-bond donors (Lipinski definition) is 1. The molecule has 1 N–H and O–H groups in total. The molecule has 2 aromatic carbocycles. The number of rotatable bonds is 3. The van der Waals surface area contributed by atoms with Gasteiger partial charge in [0.1, 0.15) is 5.84 Å². The minimum Gasteiger partial charge on any atom is -0.317 e. The SMILES string of the molecule is CC1=NC(c2ccccc2)(c2ccccc2)C(=O)N1C1CCNCC1. The number of benzene rings is 2. The molecular formula is C21H23N3O. The van der Waals surface area contributed by atoms with Gasteiger partial charge in [-0.15, -0.1) is 0 Å². The van der Waals surface area contributed by atoms with Gasteiger partial charge in [0.15, 0.2) is 5.54 Å². The Balaban J connectivity index is 1.84.